The predicted molar refractivity (Wildman–Crippen MR) is 74.8 cm³/mol. The van der Waals surface area contributed by atoms with Crippen LogP contribution in [-0.4, -0.2) is 29.6 Å². The molecule has 1 aromatic heterocycles. The summed E-state index contributed by atoms with van der Waals surface area (Å²) in [5.74, 6) is -0.839. The van der Waals surface area contributed by atoms with E-state index in [1.54, 1.807) is 24.3 Å². The van der Waals surface area contributed by atoms with Gasteiger partial charge >= 0.3 is 11.9 Å². The van der Waals surface area contributed by atoms with Gasteiger partial charge in [0.25, 0.3) is 0 Å². The highest BCUT2D eigenvalue weighted by molar-refractivity contribution is 5.98. The van der Waals surface area contributed by atoms with Crippen molar-refractivity contribution in [1.29, 1.82) is 0 Å². The molecule has 1 N–H and O–H groups in total. The summed E-state index contributed by atoms with van der Waals surface area (Å²) in [7, 11) is 1.32. The van der Waals surface area contributed by atoms with E-state index in [-0.39, 0.29) is 0 Å². The van der Waals surface area contributed by atoms with Gasteiger partial charge in [-0.2, -0.15) is 0 Å². The molecule has 0 radical (unpaired) electrons. The maximum Gasteiger partial charge on any atom is 0.354 e. The fourth-order valence-electron chi connectivity index (χ4n) is 1.81. The number of hydrogen-bond acceptors (Lipinski definition) is 4. The zero-order valence-corrected chi connectivity index (χ0v) is 11.9. The van der Waals surface area contributed by atoms with E-state index in [9.17, 15) is 9.59 Å². The molecule has 0 saturated heterocycles. The van der Waals surface area contributed by atoms with Gasteiger partial charge in [-0.15, -0.1) is 0 Å². The third-order valence-corrected chi connectivity index (χ3v) is 2.66. The molecule has 0 aliphatic heterocycles. The normalized spacial score (nSPS) is 11.4. The van der Waals surface area contributed by atoms with E-state index in [2.05, 4.69) is 9.72 Å². The van der Waals surface area contributed by atoms with Crippen LogP contribution >= 0.6 is 0 Å². The molecule has 2 aromatic rings. The van der Waals surface area contributed by atoms with Crippen LogP contribution in [0, 0.1) is 0 Å². The van der Waals surface area contributed by atoms with Crippen LogP contribution in [0.5, 0.6) is 0 Å². The van der Waals surface area contributed by atoms with Crippen molar-refractivity contribution in [3.8, 4) is 0 Å². The topological polar surface area (TPSA) is 68.4 Å². The van der Waals surface area contributed by atoms with Gasteiger partial charge in [0.2, 0.25) is 0 Å². The Morgan fingerprint density at radius 3 is 2.40 bits per heavy atom. The average Bonchev–Trinajstić information content (AvgIpc) is 2.78. The number of H-pyrrole nitrogens is 1. The molecule has 5 heteroatoms. The largest absolute Gasteiger partial charge is 0.464 e. The summed E-state index contributed by atoms with van der Waals surface area (Å²) in [6.07, 6.45) is 0. The summed E-state index contributed by atoms with van der Waals surface area (Å²) >= 11 is 0. The lowest BCUT2D eigenvalue weighted by Gasteiger charge is -2.19. The van der Waals surface area contributed by atoms with Crippen molar-refractivity contribution in [1.82, 2.24) is 4.98 Å². The molecule has 20 heavy (non-hydrogen) atoms. The molecular formula is C15H17NO4. The van der Waals surface area contributed by atoms with Gasteiger partial charge in [0, 0.05) is 10.9 Å². The lowest BCUT2D eigenvalue weighted by atomic mass is 10.1. The van der Waals surface area contributed by atoms with E-state index in [1.165, 1.54) is 7.11 Å². The van der Waals surface area contributed by atoms with Crippen LogP contribution < -0.4 is 0 Å². The highest BCUT2D eigenvalue weighted by Crippen LogP contribution is 2.19. The summed E-state index contributed by atoms with van der Waals surface area (Å²) < 4.78 is 9.95. The first-order valence-corrected chi connectivity index (χ1v) is 6.24. The van der Waals surface area contributed by atoms with Crippen LogP contribution in [-0.2, 0) is 9.47 Å². The zero-order chi connectivity index (χ0) is 14.9. The number of ether oxygens (including phenoxy) is 2. The van der Waals surface area contributed by atoms with Crippen LogP contribution in [0.15, 0.2) is 24.3 Å². The van der Waals surface area contributed by atoms with Crippen molar-refractivity contribution in [2.24, 2.45) is 0 Å². The Kier molecular flexibility index (Phi) is 3.53. The number of hydrogen-bond donors (Lipinski definition) is 1. The molecule has 0 atom stereocenters. The Morgan fingerprint density at radius 2 is 1.80 bits per heavy atom. The fraction of sp³-hybridized carbons (Fsp3) is 0.333. The molecule has 0 fully saturated rings. The number of nitrogens with one attached hydrogen (secondary N) is 1. The first kappa shape index (κ1) is 14.1. The number of esters is 2. The SMILES string of the molecule is COC(=O)c1cc2ccc(C(=O)OC(C)(C)C)cc2[nH]1. The molecule has 0 aliphatic carbocycles. The number of carbonyl (C=O) groups excluding carboxylic acids is 2. The molecule has 0 unspecified atom stereocenters. The van der Waals surface area contributed by atoms with E-state index in [4.69, 9.17) is 4.74 Å². The third-order valence-electron chi connectivity index (χ3n) is 2.66. The molecule has 0 spiro atoms. The van der Waals surface area contributed by atoms with E-state index in [1.807, 2.05) is 20.8 Å². The Bertz CT molecular complexity index is 664. The van der Waals surface area contributed by atoms with Crippen molar-refractivity contribution in [3.05, 3.63) is 35.5 Å². The third kappa shape index (κ3) is 2.99. The first-order valence-electron chi connectivity index (χ1n) is 6.24. The average molecular weight is 275 g/mol. The Labute approximate surface area is 116 Å². The minimum atomic E-state index is -0.543. The van der Waals surface area contributed by atoms with E-state index < -0.39 is 17.5 Å². The molecule has 0 saturated carbocycles. The number of carbonyl (C=O) groups is 2. The van der Waals surface area contributed by atoms with Crippen molar-refractivity contribution < 1.29 is 19.1 Å². The molecule has 1 aromatic carbocycles. The molecular weight excluding hydrogens is 258 g/mol. The summed E-state index contributed by atoms with van der Waals surface area (Å²) in [4.78, 5) is 26.3. The molecule has 106 valence electrons. The molecule has 0 aliphatic rings. The molecule has 2 rings (SSSR count). The fourth-order valence-corrected chi connectivity index (χ4v) is 1.81. The van der Waals surface area contributed by atoms with Crippen molar-refractivity contribution in [3.63, 3.8) is 0 Å². The lowest BCUT2D eigenvalue weighted by Crippen LogP contribution is -2.23. The second kappa shape index (κ2) is 5.00. The number of benzene rings is 1. The first-order chi connectivity index (χ1) is 9.30. The van der Waals surface area contributed by atoms with E-state index >= 15 is 0 Å². The van der Waals surface area contributed by atoms with Crippen molar-refractivity contribution in [2.75, 3.05) is 7.11 Å². The molecule has 0 bridgehead atoms. The highest BCUT2D eigenvalue weighted by Gasteiger charge is 2.18. The van der Waals surface area contributed by atoms with Gasteiger partial charge in [-0.25, -0.2) is 9.59 Å². The molecule has 0 amide bonds. The van der Waals surface area contributed by atoms with Gasteiger partial charge in [0.1, 0.15) is 11.3 Å². The predicted octanol–water partition coefficient (Wildman–Crippen LogP) is 2.91. The van der Waals surface area contributed by atoms with E-state index in [0.29, 0.717) is 16.8 Å². The minimum absolute atomic E-state index is 0.351. The van der Waals surface area contributed by atoms with Gasteiger partial charge in [-0.05, 0) is 39.0 Å². The maximum absolute atomic E-state index is 12.0. The number of aromatic nitrogens is 1. The summed E-state index contributed by atoms with van der Waals surface area (Å²) in [5.41, 5.74) is 0.933. The van der Waals surface area contributed by atoms with Crippen LogP contribution in [0.3, 0.4) is 0 Å². The monoisotopic (exact) mass is 275 g/mol. The summed E-state index contributed by atoms with van der Waals surface area (Å²) in [6, 6.07) is 6.78. The highest BCUT2D eigenvalue weighted by atomic mass is 16.6. The number of aromatic amines is 1. The maximum atomic E-state index is 12.0. The van der Waals surface area contributed by atoms with Gasteiger partial charge in [-0.3, -0.25) is 0 Å². The molecule has 1 heterocycles. The Morgan fingerprint density at radius 1 is 1.10 bits per heavy atom. The van der Waals surface area contributed by atoms with Gasteiger partial charge in [0.15, 0.2) is 0 Å². The Balaban J connectivity index is 2.34. The van der Waals surface area contributed by atoms with Crippen LogP contribution in [0.1, 0.15) is 41.6 Å². The van der Waals surface area contributed by atoms with Crippen molar-refractivity contribution in [2.45, 2.75) is 26.4 Å². The lowest BCUT2D eigenvalue weighted by molar-refractivity contribution is 0.00695. The minimum Gasteiger partial charge on any atom is -0.464 e. The number of rotatable bonds is 2. The van der Waals surface area contributed by atoms with E-state index in [0.717, 1.165) is 5.39 Å². The van der Waals surface area contributed by atoms with Gasteiger partial charge in [-0.1, -0.05) is 6.07 Å². The second-order valence-corrected chi connectivity index (χ2v) is 5.48. The van der Waals surface area contributed by atoms with Crippen LogP contribution in [0.25, 0.3) is 10.9 Å². The number of methoxy groups -OCH3 is 1. The summed E-state index contributed by atoms with van der Waals surface area (Å²) in [6.45, 7) is 5.44. The summed E-state index contributed by atoms with van der Waals surface area (Å²) in [5, 5.41) is 0.831. The standard InChI is InChI=1S/C15H17NO4/c1-15(2,3)20-13(17)10-6-5-9-7-12(14(18)19-4)16-11(9)8-10/h5-8,16H,1-4H3. The van der Waals surface area contributed by atoms with Gasteiger partial charge < -0.3 is 14.5 Å². The second-order valence-electron chi connectivity index (χ2n) is 5.48. The van der Waals surface area contributed by atoms with Crippen LogP contribution in [0.2, 0.25) is 0 Å². The molecule has 5 nitrogen and oxygen atoms in total. The van der Waals surface area contributed by atoms with Crippen LogP contribution in [0.4, 0.5) is 0 Å². The number of fused-ring (bicyclic) bond motifs is 1. The quantitative estimate of drug-likeness (QED) is 0.856. The van der Waals surface area contributed by atoms with Crippen molar-refractivity contribution >= 4 is 22.8 Å². The Hall–Kier alpha value is -2.30. The van der Waals surface area contributed by atoms with Gasteiger partial charge in [0.05, 0.1) is 12.7 Å². The smallest absolute Gasteiger partial charge is 0.354 e. The zero-order valence-electron chi connectivity index (χ0n) is 11.9.